The van der Waals surface area contributed by atoms with Gasteiger partial charge in [-0.05, 0) is 13.8 Å². The van der Waals surface area contributed by atoms with Crippen LogP contribution in [0.15, 0.2) is 24.4 Å². The van der Waals surface area contributed by atoms with Gasteiger partial charge < -0.3 is 10.1 Å². The first-order chi connectivity index (χ1) is 5.76. The van der Waals surface area contributed by atoms with Gasteiger partial charge in [0.15, 0.2) is 0 Å². The molecule has 0 radical (unpaired) electrons. The Balaban J connectivity index is 3.98. The van der Waals surface area contributed by atoms with E-state index in [1.807, 2.05) is 0 Å². The van der Waals surface area contributed by atoms with Crippen molar-refractivity contribution in [3.8, 4) is 0 Å². The van der Waals surface area contributed by atoms with Gasteiger partial charge in [-0.3, -0.25) is 0 Å². The Labute approximate surface area is 73.1 Å². The summed E-state index contributed by atoms with van der Waals surface area (Å²) < 4.78 is 4.79. The summed E-state index contributed by atoms with van der Waals surface area (Å²) in [5.41, 5.74) is 0.483. The highest BCUT2D eigenvalue weighted by Gasteiger charge is 2.06. The topological polar surface area (TPSA) is 38.3 Å². The lowest BCUT2D eigenvalue weighted by Gasteiger charge is -2.06. The van der Waals surface area contributed by atoms with E-state index in [4.69, 9.17) is 4.74 Å². The van der Waals surface area contributed by atoms with Gasteiger partial charge in [0.25, 0.3) is 0 Å². The van der Waals surface area contributed by atoms with Crippen LogP contribution in [0.4, 0.5) is 0 Å². The molecule has 0 atom stereocenters. The molecule has 0 aromatic heterocycles. The highest BCUT2D eigenvalue weighted by molar-refractivity contribution is 5.87. The van der Waals surface area contributed by atoms with Gasteiger partial charge in [0.05, 0.1) is 6.61 Å². The van der Waals surface area contributed by atoms with Gasteiger partial charge in [-0.25, -0.2) is 4.79 Å². The number of carbonyl (C=O) groups is 1. The van der Waals surface area contributed by atoms with Crippen molar-refractivity contribution in [2.24, 2.45) is 0 Å². The molecule has 3 nitrogen and oxygen atoms in total. The molecule has 0 aliphatic heterocycles. The van der Waals surface area contributed by atoms with Gasteiger partial charge in [0.2, 0.25) is 0 Å². The molecule has 1 N–H and O–H groups in total. The van der Waals surface area contributed by atoms with Crippen molar-refractivity contribution >= 4 is 5.97 Å². The van der Waals surface area contributed by atoms with Gasteiger partial charge in [0.1, 0.15) is 5.70 Å². The van der Waals surface area contributed by atoms with Crippen molar-refractivity contribution in [2.45, 2.75) is 13.8 Å². The number of ether oxygens (including phenoxy) is 1. The predicted molar refractivity (Wildman–Crippen MR) is 48.6 cm³/mol. The molecule has 0 unspecified atom stereocenters. The lowest BCUT2D eigenvalue weighted by Crippen LogP contribution is -2.22. The van der Waals surface area contributed by atoms with E-state index in [9.17, 15) is 4.79 Å². The van der Waals surface area contributed by atoms with Crippen LogP contribution in [-0.4, -0.2) is 19.1 Å². The first kappa shape index (κ1) is 10.8. The summed E-state index contributed by atoms with van der Waals surface area (Å²) in [4.78, 5) is 11.1. The fourth-order valence-electron chi connectivity index (χ4n) is 0.683. The molecule has 0 spiro atoms. The van der Waals surface area contributed by atoms with Crippen molar-refractivity contribution < 1.29 is 9.53 Å². The summed E-state index contributed by atoms with van der Waals surface area (Å²) in [5.74, 6) is -0.318. The summed E-state index contributed by atoms with van der Waals surface area (Å²) in [5, 5.41) is 2.87. The predicted octanol–water partition coefficient (Wildman–Crippen LogP) is 1.23. The van der Waals surface area contributed by atoms with Gasteiger partial charge in [-0.1, -0.05) is 12.2 Å². The summed E-state index contributed by atoms with van der Waals surface area (Å²) >= 11 is 0. The van der Waals surface area contributed by atoms with Crippen LogP contribution in [0.1, 0.15) is 13.8 Å². The first-order valence-electron chi connectivity index (χ1n) is 3.94. The number of carbonyl (C=O) groups excluding carboxylic acids is 1. The summed E-state index contributed by atoms with van der Waals surface area (Å²) in [7, 11) is 0. The Morgan fingerprint density at radius 1 is 1.67 bits per heavy atom. The maximum absolute atomic E-state index is 11.1. The van der Waals surface area contributed by atoms with Gasteiger partial charge in [-0.2, -0.15) is 0 Å². The van der Waals surface area contributed by atoms with Crippen molar-refractivity contribution in [2.75, 3.05) is 13.2 Å². The molecule has 0 aliphatic rings. The SMILES string of the molecule is C=CCN/C(=C\C)C(=O)OCC. The number of nitrogens with one attached hydrogen (secondary N) is 1. The molecule has 0 saturated carbocycles. The zero-order valence-corrected chi connectivity index (χ0v) is 7.59. The van der Waals surface area contributed by atoms with E-state index < -0.39 is 0 Å². The van der Waals surface area contributed by atoms with Crippen LogP contribution in [-0.2, 0) is 9.53 Å². The Morgan fingerprint density at radius 2 is 2.33 bits per heavy atom. The van der Waals surface area contributed by atoms with Crippen LogP contribution in [0.2, 0.25) is 0 Å². The first-order valence-corrected chi connectivity index (χ1v) is 3.94. The molecular weight excluding hydrogens is 154 g/mol. The normalized spacial score (nSPS) is 10.7. The van der Waals surface area contributed by atoms with Gasteiger partial charge in [0, 0.05) is 6.54 Å². The number of hydrogen-bond acceptors (Lipinski definition) is 3. The molecule has 12 heavy (non-hydrogen) atoms. The van der Waals surface area contributed by atoms with Crippen molar-refractivity contribution in [3.05, 3.63) is 24.4 Å². The quantitative estimate of drug-likeness (QED) is 0.382. The molecule has 0 aliphatic carbocycles. The molecule has 0 rings (SSSR count). The molecule has 0 saturated heterocycles. The summed E-state index contributed by atoms with van der Waals surface area (Å²) in [6.45, 7) is 8.05. The monoisotopic (exact) mass is 169 g/mol. The number of hydrogen-bond donors (Lipinski definition) is 1. The lowest BCUT2D eigenvalue weighted by atomic mass is 10.4. The summed E-state index contributed by atoms with van der Waals surface area (Å²) in [6, 6.07) is 0. The molecule has 0 fully saturated rings. The van der Waals surface area contributed by atoms with E-state index in [1.165, 1.54) is 0 Å². The molecule has 0 aromatic rings. The highest BCUT2D eigenvalue weighted by Crippen LogP contribution is 1.92. The van der Waals surface area contributed by atoms with Gasteiger partial charge in [-0.15, -0.1) is 6.58 Å². The summed E-state index contributed by atoms with van der Waals surface area (Å²) in [6.07, 6.45) is 3.37. The van der Waals surface area contributed by atoms with E-state index in [2.05, 4.69) is 11.9 Å². The molecule has 0 heterocycles. The van der Waals surface area contributed by atoms with Crippen LogP contribution >= 0.6 is 0 Å². The largest absolute Gasteiger partial charge is 0.461 e. The molecule has 0 amide bonds. The molecular formula is C9H15NO2. The molecule has 0 bridgehead atoms. The Bertz CT molecular complexity index is 185. The van der Waals surface area contributed by atoms with Gasteiger partial charge >= 0.3 is 5.97 Å². The van der Waals surface area contributed by atoms with Crippen LogP contribution in [0.5, 0.6) is 0 Å². The van der Waals surface area contributed by atoms with Crippen LogP contribution in [0.25, 0.3) is 0 Å². The van der Waals surface area contributed by atoms with Crippen molar-refractivity contribution in [1.82, 2.24) is 5.32 Å². The number of allylic oxidation sites excluding steroid dienone is 1. The average molecular weight is 169 g/mol. The second-order valence-corrected chi connectivity index (χ2v) is 2.09. The fraction of sp³-hybridized carbons (Fsp3) is 0.444. The minimum atomic E-state index is -0.318. The zero-order valence-electron chi connectivity index (χ0n) is 7.59. The second kappa shape index (κ2) is 6.46. The average Bonchev–Trinajstić information content (AvgIpc) is 2.06. The van der Waals surface area contributed by atoms with E-state index in [1.54, 1.807) is 26.0 Å². The minimum absolute atomic E-state index is 0.318. The maximum atomic E-state index is 11.1. The zero-order chi connectivity index (χ0) is 9.40. The van der Waals surface area contributed by atoms with Crippen molar-refractivity contribution in [3.63, 3.8) is 0 Å². The maximum Gasteiger partial charge on any atom is 0.354 e. The third-order valence-electron chi connectivity index (χ3n) is 1.22. The standard InChI is InChI=1S/C9H15NO2/c1-4-7-10-8(5-2)9(11)12-6-3/h4-5,10H,1,6-7H2,2-3H3/b8-5-. The van der Waals surface area contributed by atoms with E-state index in [-0.39, 0.29) is 5.97 Å². The van der Waals surface area contributed by atoms with E-state index in [0.717, 1.165) is 0 Å². The minimum Gasteiger partial charge on any atom is -0.461 e. The smallest absolute Gasteiger partial charge is 0.354 e. The van der Waals surface area contributed by atoms with Crippen LogP contribution in [0.3, 0.4) is 0 Å². The lowest BCUT2D eigenvalue weighted by molar-refractivity contribution is -0.138. The van der Waals surface area contributed by atoms with Crippen LogP contribution < -0.4 is 5.32 Å². The molecule has 3 heteroatoms. The molecule has 0 aromatic carbocycles. The second-order valence-electron chi connectivity index (χ2n) is 2.09. The Morgan fingerprint density at radius 3 is 2.75 bits per heavy atom. The molecule has 68 valence electrons. The number of esters is 1. The Hall–Kier alpha value is -1.25. The van der Waals surface area contributed by atoms with Crippen LogP contribution in [0, 0.1) is 0 Å². The number of rotatable bonds is 5. The highest BCUT2D eigenvalue weighted by atomic mass is 16.5. The van der Waals surface area contributed by atoms with E-state index >= 15 is 0 Å². The fourth-order valence-corrected chi connectivity index (χ4v) is 0.683. The third-order valence-corrected chi connectivity index (χ3v) is 1.22. The third kappa shape index (κ3) is 3.81. The van der Waals surface area contributed by atoms with E-state index in [0.29, 0.717) is 18.8 Å². The Kier molecular flexibility index (Phi) is 5.79. The van der Waals surface area contributed by atoms with Crippen molar-refractivity contribution in [1.29, 1.82) is 0 Å².